The van der Waals surface area contributed by atoms with Gasteiger partial charge in [-0.05, 0) is 69.6 Å². The van der Waals surface area contributed by atoms with E-state index in [4.69, 9.17) is 4.74 Å². The highest BCUT2D eigenvalue weighted by Crippen LogP contribution is 2.35. The van der Waals surface area contributed by atoms with Gasteiger partial charge in [0.2, 0.25) is 0 Å². The summed E-state index contributed by atoms with van der Waals surface area (Å²) in [5.74, 6) is 1.82. The fraction of sp³-hybridized carbons (Fsp3) is 0.0667. The summed E-state index contributed by atoms with van der Waals surface area (Å²) in [7, 11) is 0. The minimum atomic E-state index is 0.866. The molecule has 0 atom stereocenters. The molecule has 0 amide bonds. The molecule has 6 rings (SSSR count). The van der Waals surface area contributed by atoms with Crippen LogP contribution in [-0.4, -0.2) is 0 Å². The third kappa shape index (κ3) is 3.10. The van der Waals surface area contributed by atoms with E-state index in [9.17, 15) is 0 Å². The lowest BCUT2D eigenvalue weighted by atomic mass is 9.90. The Bertz CT molecular complexity index is 1530. The highest BCUT2D eigenvalue weighted by molar-refractivity contribution is 6.08. The molecule has 5 aromatic carbocycles. The van der Waals surface area contributed by atoms with Crippen molar-refractivity contribution in [3.05, 3.63) is 107 Å². The quantitative estimate of drug-likeness (QED) is 0.303. The van der Waals surface area contributed by atoms with Crippen LogP contribution in [0, 0.1) is 0 Å². The summed E-state index contributed by atoms with van der Waals surface area (Å²) >= 11 is 0. The maximum Gasteiger partial charge on any atom is 0.142 e. The smallest absolute Gasteiger partial charge is 0.142 e. The van der Waals surface area contributed by atoms with Gasteiger partial charge in [-0.1, -0.05) is 84.9 Å². The zero-order chi connectivity index (χ0) is 20.6. The summed E-state index contributed by atoms with van der Waals surface area (Å²) in [6, 6.07) is 34.1. The van der Waals surface area contributed by atoms with Gasteiger partial charge in [0.1, 0.15) is 11.5 Å². The molecule has 0 unspecified atom stereocenters. The van der Waals surface area contributed by atoms with E-state index in [1.807, 2.05) is 30.3 Å². The van der Waals surface area contributed by atoms with Gasteiger partial charge in [0.25, 0.3) is 0 Å². The largest absolute Gasteiger partial charge is 0.456 e. The number of hydrogen-bond donors (Lipinski definition) is 0. The minimum Gasteiger partial charge on any atom is -0.456 e. The first-order chi connectivity index (χ1) is 15.4. The number of para-hydroxylation sites is 1. The van der Waals surface area contributed by atoms with Gasteiger partial charge in [0.05, 0.1) is 0 Å². The van der Waals surface area contributed by atoms with Gasteiger partial charge in [-0.2, -0.15) is 0 Å². The van der Waals surface area contributed by atoms with Crippen molar-refractivity contribution in [3.63, 3.8) is 0 Å². The lowest BCUT2D eigenvalue weighted by molar-refractivity contribution is 0.484. The third-order valence-corrected chi connectivity index (χ3v) is 6.09. The molecule has 31 heavy (non-hydrogen) atoms. The minimum absolute atomic E-state index is 0.866. The van der Waals surface area contributed by atoms with E-state index < -0.39 is 0 Å². The second-order valence-corrected chi connectivity index (χ2v) is 8.04. The Balaban J connectivity index is 1.79. The molecule has 1 aliphatic rings. The fourth-order valence-electron chi connectivity index (χ4n) is 4.68. The molecule has 148 valence electrons. The van der Waals surface area contributed by atoms with Crippen molar-refractivity contribution in [2.45, 2.75) is 12.8 Å². The molecule has 5 aromatic rings. The van der Waals surface area contributed by atoms with Crippen molar-refractivity contribution >= 4 is 33.7 Å². The Morgan fingerprint density at radius 3 is 1.84 bits per heavy atom. The summed E-state index contributed by atoms with van der Waals surface area (Å²) in [6.45, 7) is 0. The van der Waals surface area contributed by atoms with Gasteiger partial charge in [-0.15, -0.1) is 0 Å². The number of hydrogen-bond acceptors (Lipinski definition) is 1. The monoisotopic (exact) mass is 398 g/mol. The Morgan fingerprint density at radius 2 is 1.13 bits per heavy atom. The average molecular weight is 399 g/mol. The highest BCUT2D eigenvalue weighted by Gasteiger charge is 2.17. The van der Waals surface area contributed by atoms with Crippen molar-refractivity contribution in [1.29, 1.82) is 0 Å². The van der Waals surface area contributed by atoms with Crippen molar-refractivity contribution in [1.82, 2.24) is 0 Å². The lowest BCUT2D eigenvalue weighted by Gasteiger charge is -2.18. The summed E-state index contributed by atoms with van der Waals surface area (Å²) in [4.78, 5) is 0. The molecule has 0 saturated carbocycles. The highest BCUT2D eigenvalue weighted by atomic mass is 16.5. The Kier molecular flexibility index (Phi) is 4.32. The summed E-state index contributed by atoms with van der Waals surface area (Å²) < 4.78 is 6.58. The van der Waals surface area contributed by atoms with Crippen LogP contribution in [0.25, 0.3) is 44.8 Å². The number of ether oxygens (including phenoxy) is 1. The van der Waals surface area contributed by atoms with Crippen LogP contribution in [0.1, 0.15) is 12.8 Å². The van der Waals surface area contributed by atoms with Crippen molar-refractivity contribution < 1.29 is 4.74 Å². The normalized spacial score (nSPS) is 12.8. The molecule has 0 saturated heterocycles. The zero-order valence-electron chi connectivity index (χ0n) is 17.2. The summed E-state index contributed by atoms with van der Waals surface area (Å²) in [5, 5.41) is 7.36. The first-order valence-electron chi connectivity index (χ1n) is 10.9. The van der Waals surface area contributed by atoms with Crippen LogP contribution in [-0.2, 0) is 0 Å². The second kappa shape index (κ2) is 7.45. The van der Waals surface area contributed by atoms with Crippen LogP contribution in [0.15, 0.2) is 97.1 Å². The molecule has 0 radical (unpaired) electrons. The molecule has 0 heterocycles. The van der Waals surface area contributed by atoms with Gasteiger partial charge in [-0.3, -0.25) is 0 Å². The SMILES string of the molecule is C1=c2c(Oc3ccccc3)c3cc4ccccc4cc3c(-c3ccccc3)c2=CCC1. The molecular weight excluding hydrogens is 376 g/mol. The van der Waals surface area contributed by atoms with Crippen LogP contribution in [0.3, 0.4) is 0 Å². The first kappa shape index (κ1) is 18.0. The predicted octanol–water partition coefficient (Wildman–Crippen LogP) is 6.81. The van der Waals surface area contributed by atoms with Gasteiger partial charge >= 0.3 is 0 Å². The summed E-state index contributed by atoms with van der Waals surface area (Å²) in [5.41, 5.74) is 2.55. The second-order valence-electron chi connectivity index (χ2n) is 8.04. The van der Waals surface area contributed by atoms with Gasteiger partial charge in [0, 0.05) is 10.6 Å². The molecule has 0 N–H and O–H groups in total. The number of rotatable bonds is 3. The van der Waals surface area contributed by atoms with E-state index in [0.717, 1.165) is 29.7 Å². The maximum atomic E-state index is 6.58. The van der Waals surface area contributed by atoms with Crippen molar-refractivity contribution in [3.8, 4) is 22.6 Å². The molecular formula is C30H22O. The Morgan fingerprint density at radius 1 is 0.548 bits per heavy atom. The first-order valence-corrected chi connectivity index (χ1v) is 10.9. The standard InChI is InChI=1S/C30H22O/c1-3-11-21(12-4-1)29-25-17-9-10-18-26(25)30(31-24-15-5-2-6-16-24)28-20-23-14-8-7-13-22(23)19-27(28)29/h1-8,11-20H,9-10H2. The van der Waals surface area contributed by atoms with Crippen LogP contribution >= 0.6 is 0 Å². The molecule has 0 bridgehead atoms. The van der Waals surface area contributed by atoms with Gasteiger partial charge in [-0.25, -0.2) is 0 Å². The summed E-state index contributed by atoms with van der Waals surface area (Å²) in [6.07, 6.45) is 6.81. The average Bonchev–Trinajstić information content (AvgIpc) is 2.84. The van der Waals surface area contributed by atoms with E-state index in [2.05, 4.69) is 78.9 Å². The fourth-order valence-corrected chi connectivity index (χ4v) is 4.68. The topological polar surface area (TPSA) is 9.23 Å². The van der Waals surface area contributed by atoms with E-state index in [1.165, 1.54) is 37.7 Å². The van der Waals surface area contributed by atoms with Crippen molar-refractivity contribution in [2.75, 3.05) is 0 Å². The number of fused-ring (bicyclic) bond motifs is 3. The Hall–Kier alpha value is -3.84. The van der Waals surface area contributed by atoms with Gasteiger partial charge < -0.3 is 4.74 Å². The number of benzene rings is 5. The molecule has 0 spiro atoms. The molecule has 0 fully saturated rings. The Labute approximate surface area is 181 Å². The van der Waals surface area contributed by atoms with Crippen LogP contribution in [0.5, 0.6) is 11.5 Å². The third-order valence-electron chi connectivity index (χ3n) is 6.09. The van der Waals surface area contributed by atoms with Crippen LogP contribution in [0.2, 0.25) is 0 Å². The van der Waals surface area contributed by atoms with E-state index >= 15 is 0 Å². The molecule has 0 aromatic heterocycles. The van der Waals surface area contributed by atoms with Crippen molar-refractivity contribution in [2.24, 2.45) is 0 Å². The molecule has 1 heteroatoms. The predicted molar refractivity (Wildman–Crippen MR) is 131 cm³/mol. The van der Waals surface area contributed by atoms with Crippen LogP contribution in [0.4, 0.5) is 0 Å². The van der Waals surface area contributed by atoms with E-state index in [-0.39, 0.29) is 0 Å². The zero-order valence-corrected chi connectivity index (χ0v) is 17.2. The van der Waals surface area contributed by atoms with Crippen LogP contribution < -0.4 is 15.2 Å². The maximum absolute atomic E-state index is 6.58. The van der Waals surface area contributed by atoms with E-state index in [1.54, 1.807) is 0 Å². The molecule has 0 aliphatic heterocycles. The molecule has 1 nitrogen and oxygen atoms in total. The van der Waals surface area contributed by atoms with E-state index in [0.29, 0.717) is 0 Å². The van der Waals surface area contributed by atoms with Gasteiger partial charge in [0.15, 0.2) is 0 Å². The lowest BCUT2D eigenvalue weighted by Crippen LogP contribution is -2.30. The molecule has 1 aliphatic carbocycles.